The number of benzene rings is 1. The monoisotopic (exact) mass is 548 g/mol. The second-order valence-corrected chi connectivity index (χ2v) is 15.6. The molecule has 220 valence electrons. The number of hydrogen-bond donors (Lipinski definition) is 1. The summed E-state index contributed by atoms with van der Waals surface area (Å²) in [5.74, 6) is 0.974. The molecule has 6 rings (SSSR count). The zero-order valence-electron chi connectivity index (χ0n) is 26.1. The maximum atomic E-state index is 13.4. The Labute approximate surface area is 242 Å². The van der Waals surface area contributed by atoms with E-state index in [-0.39, 0.29) is 40.8 Å². The first-order valence-corrected chi connectivity index (χ1v) is 15.7. The van der Waals surface area contributed by atoms with Crippen LogP contribution in [0, 0.1) is 44.8 Å². The molecule has 4 fully saturated rings. The number of fused-ring (bicyclic) bond motifs is 2. The van der Waals surface area contributed by atoms with Gasteiger partial charge in [0.2, 0.25) is 0 Å². The molecule has 4 saturated carbocycles. The van der Waals surface area contributed by atoms with Crippen LogP contribution in [0.4, 0.5) is 0 Å². The lowest BCUT2D eigenvalue weighted by Crippen LogP contribution is -2.60. The largest absolute Gasteiger partial charge is 0.458 e. The molecule has 0 bridgehead atoms. The van der Waals surface area contributed by atoms with Crippen LogP contribution in [0.3, 0.4) is 0 Å². The highest BCUT2D eigenvalue weighted by molar-refractivity contribution is 5.89. The Kier molecular flexibility index (Phi) is 6.51. The fourth-order valence-corrected chi connectivity index (χ4v) is 11.6. The second kappa shape index (κ2) is 9.15. The Bertz CT molecular complexity index is 1180. The maximum absolute atomic E-state index is 13.4. The Morgan fingerprint density at radius 3 is 2.25 bits per heavy atom. The number of carbonyl (C=O) groups excluding carboxylic acids is 1. The average molecular weight is 549 g/mol. The molecule has 0 unspecified atom stereocenters. The molecular weight excluding hydrogens is 496 g/mol. The predicted molar refractivity (Wildman–Crippen MR) is 160 cm³/mol. The molecular formula is C35H52N2O3. The minimum Gasteiger partial charge on any atom is -0.458 e. The Morgan fingerprint density at radius 2 is 1.62 bits per heavy atom. The van der Waals surface area contributed by atoms with Gasteiger partial charge in [-0.3, -0.25) is 0 Å². The van der Waals surface area contributed by atoms with E-state index in [1.807, 2.05) is 30.3 Å². The van der Waals surface area contributed by atoms with Gasteiger partial charge in [-0.05, 0) is 119 Å². The number of allylic oxidation sites excluding steroid dienone is 2. The van der Waals surface area contributed by atoms with Gasteiger partial charge in [0, 0.05) is 23.4 Å². The SMILES string of the molecule is C[C@@H]([C@H]1[C@H](OC(=O)c2ccccc2)C[C@@]2(C)[C@@H]3C=C[C@H]4[C@@](C)(CO)[C@@H](N(C)C)CC[C@@]45C[C@@]35CC[C@]12C)N(C)C. The molecule has 0 aliphatic heterocycles. The molecule has 0 radical (unpaired) electrons. The van der Waals surface area contributed by atoms with E-state index in [4.69, 9.17) is 4.74 Å². The van der Waals surface area contributed by atoms with E-state index < -0.39 is 0 Å². The number of carbonyl (C=O) groups is 1. The molecule has 1 N–H and O–H groups in total. The van der Waals surface area contributed by atoms with Crippen LogP contribution in [0.1, 0.15) is 76.6 Å². The lowest BCUT2D eigenvalue weighted by atomic mass is 9.43. The van der Waals surface area contributed by atoms with Crippen molar-refractivity contribution in [3.8, 4) is 0 Å². The van der Waals surface area contributed by atoms with Gasteiger partial charge in [-0.25, -0.2) is 4.79 Å². The Balaban J connectivity index is 1.39. The van der Waals surface area contributed by atoms with Crippen molar-refractivity contribution in [2.45, 2.75) is 84.4 Å². The van der Waals surface area contributed by atoms with Crippen molar-refractivity contribution in [2.24, 2.45) is 44.8 Å². The van der Waals surface area contributed by atoms with Crippen LogP contribution in [-0.4, -0.2) is 73.9 Å². The van der Waals surface area contributed by atoms with Crippen LogP contribution >= 0.6 is 0 Å². The van der Waals surface area contributed by atoms with Crippen molar-refractivity contribution in [3.05, 3.63) is 48.0 Å². The fourth-order valence-electron chi connectivity index (χ4n) is 11.6. The summed E-state index contributed by atoms with van der Waals surface area (Å²) in [6.45, 7) is 9.98. The van der Waals surface area contributed by atoms with Crippen molar-refractivity contribution >= 4 is 5.97 Å². The normalized spacial score (nSPS) is 47.7. The van der Waals surface area contributed by atoms with Crippen LogP contribution in [0.25, 0.3) is 0 Å². The number of aliphatic hydroxyl groups is 1. The zero-order chi connectivity index (χ0) is 28.9. The first-order valence-electron chi connectivity index (χ1n) is 15.7. The summed E-state index contributed by atoms with van der Waals surface area (Å²) in [5.41, 5.74) is 1.22. The van der Waals surface area contributed by atoms with E-state index in [0.717, 1.165) is 12.8 Å². The van der Waals surface area contributed by atoms with Gasteiger partial charge in [-0.15, -0.1) is 0 Å². The number of hydrogen-bond acceptors (Lipinski definition) is 5. The highest BCUT2D eigenvalue weighted by Crippen LogP contribution is 2.87. The van der Waals surface area contributed by atoms with Crippen LogP contribution in [0.2, 0.25) is 0 Å². The molecule has 2 spiro atoms. The fraction of sp³-hybridized carbons (Fsp3) is 0.743. The van der Waals surface area contributed by atoms with Gasteiger partial charge in [0.15, 0.2) is 0 Å². The zero-order valence-corrected chi connectivity index (χ0v) is 26.1. The summed E-state index contributed by atoms with van der Waals surface area (Å²) in [6.07, 6.45) is 12.1. The molecule has 0 amide bonds. The van der Waals surface area contributed by atoms with Crippen LogP contribution in [0.15, 0.2) is 42.5 Å². The van der Waals surface area contributed by atoms with Crippen molar-refractivity contribution < 1.29 is 14.6 Å². The van der Waals surface area contributed by atoms with Crippen molar-refractivity contribution in [1.82, 2.24) is 9.80 Å². The molecule has 0 aromatic heterocycles. The second-order valence-electron chi connectivity index (χ2n) is 15.6. The van der Waals surface area contributed by atoms with E-state index in [0.29, 0.717) is 40.3 Å². The summed E-state index contributed by atoms with van der Waals surface area (Å²) in [4.78, 5) is 18.1. The summed E-state index contributed by atoms with van der Waals surface area (Å²) in [5, 5.41) is 10.8. The average Bonchev–Trinajstić information content (AvgIpc) is 3.52. The standard InChI is InChI=1S/C35H52N2O3/c1-23(36(5)6)29-25(40-30(39)24-12-10-9-11-13-24)20-33(4)27-15-14-26-31(2,22-38)28(37(7)8)16-17-34(26)21-35(27,34)19-18-32(29,33)3/h9-15,23,25-29,38H,16-22H2,1-8H3/t23-,25+,26-,27-,28-,29-,31+,32+,33-,34+,35-/m0/s1. The Hall–Kier alpha value is -1.69. The lowest BCUT2D eigenvalue weighted by molar-refractivity contribution is -0.119. The van der Waals surface area contributed by atoms with Gasteiger partial charge in [0.25, 0.3) is 0 Å². The van der Waals surface area contributed by atoms with Crippen molar-refractivity contribution in [1.29, 1.82) is 0 Å². The highest BCUT2D eigenvalue weighted by Gasteiger charge is 2.82. The van der Waals surface area contributed by atoms with Gasteiger partial charge >= 0.3 is 5.97 Å². The van der Waals surface area contributed by atoms with Crippen LogP contribution in [0.5, 0.6) is 0 Å². The summed E-state index contributed by atoms with van der Waals surface area (Å²) in [7, 11) is 8.71. The number of rotatable bonds is 6. The van der Waals surface area contributed by atoms with Crippen LogP contribution in [-0.2, 0) is 4.74 Å². The van der Waals surface area contributed by atoms with E-state index in [9.17, 15) is 9.90 Å². The molecule has 5 heteroatoms. The van der Waals surface area contributed by atoms with Gasteiger partial charge < -0.3 is 19.6 Å². The third-order valence-electron chi connectivity index (χ3n) is 13.9. The van der Waals surface area contributed by atoms with E-state index in [2.05, 4.69) is 77.8 Å². The first kappa shape index (κ1) is 28.4. The van der Waals surface area contributed by atoms with Gasteiger partial charge in [-0.1, -0.05) is 51.1 Å². The first-order chi connectivity index (χ1) is 18.8. The molecule has 0 saturated heterocycles. The van der Waals surface area contributed by atoms with E-state index >= 15 is 0 Å². The number of nitrogens with zero attached hydrogens (tertiary/aromatic N) is 2. The summed E-state index contributed by atoms with van der Waals surface area (Å²) in [6, 6.07) is 10.2. The van der Waals surface area contributed by atoms with Crippen molar-refractivity contribution in [3.63, 3.8) is 0 Å². The van der Waals surface area contributed by atoms with Gasteiger partial charge in [0.1, 0.15) is 6.10 Å². The minimum absolute atomic E-state index is 0.0425. The molecule has 5 aliphatic carbocycles. The molecule has 1 aromatic rings. The Morgan fingerprint density at radius 1 is 0.975 bits per heavy atom. The number of aliphatic hydroxyl groups excluding tert-OH is 1. The topological polar surface area (TPSA) is 53.0 Å². The van der Waals surface area contributed by atoms with Gasteiger partial charge in [-0.2, -0.15) is 0 Å². The molecule has 11 atom stereocenters. The van der Waals surface area contributed by atoms with Crippen molar-refractivity contribution in [2.75, 3.05) is 34.8 Å². The summed E-state index contributed by atoms with van der Waals surface area (Å²) < 4.78 is 6.50. The molecule has 0 heterocycles. The molecule has 40 heavy (non-hydrogen) atoms. The number of esters is 1. The quantitative estimate of drug-likeness (QED) is 0.355. The smallest absolute Gasteiger partial charge is 0.338 e. The third kappa shape index (κ3) is 3.46. The minimum atomic E-state index is -0.190. The van der Waals surface area contributed by atoms with Crippen LogP contribution < -0.4 is 0 Å². The maximum Gasteiger partial charge on any atom is 0.338 e. The predicted octanol–water partition coefficient (Wildman–Crippen LogP) is 5.89. The summed E-state index contributed by atoms with van der Waals surface area (Å²) >= 11 is 0. The molecule has 5 nitrogen and oxygen atoms in total. The van der Waals surface area contributed by atoms with E-state index in [1.165, 1.54) is 25.7 Å². The highest BCUT2D eigenvalue weighted by atomic mass is 16.5. The van der Waals surface area contributed by atoms with Gasteiger partial charge in [0.05, 0.1) is 12.2 Å². The van der Waals surface area contributed by atoms with E-state index in [1.54, 1.807) is 0 Å². The molecule has 5 aliphatic rings. The lowest BCUT2D eigenvalue weighted by Gasteiger charge is -2.62. The third-order valence-corrected chi connectivity index (χ3v) is 13.9. The number of ether oxygens (including phenoxy) is 1. The molecule has 1 aromatic carbocycles.